The highest BCUT2D eigenvalue weighted by Crippen LogP contribution is 2.32. The molecular weight excluding hydrogens is 250 g/mol. The first kappa shape index (κ1) is 11.7. The largest absolute Gasteiger partial charge is 0.482 e. The third-order valence-electron chi connectivity index (χ3n) is 2.10. The maximum Gasteiger partial charge on any atom is 0.407 e. The van der Waals surface area contributed by atoms with E-state index < -0.39 is 25.8 Å². The number of rotatable bonds is 4. The Labute approximate surface area is 96.6 Å². The van der Waals surface area contributed by atoms with Gasteiger partial charge in [0.15, 0.2) is 0 Å². The summed E-state index contributed by atoms with van der Waals surface area (Å²) in [6, 6.07) is 2.28. The number of nitrogens with two attached hydrogens (primary N) is 1. The second-order valence-electron chi connectivity index (χ2n) is 3.59. The lowest BCUT2D eigenvalue weighted by atomic mass is 10.4. The Hall–Kier alpha value is -1.74. The minimum Gasteiger partial charge on any atom is -0.482 e. The number of hydrogen-bond donors (Lipinski definition) is 1. The van der Waals surface area contributed by atoms with Crippen molar-refractivity contribution in [3.8, 4) is 5.75 Å². The van der Waals surface area contributed by atoms with Crippen molar-refractivity contribution in [3.63, 3.8) is 0 Å². The van der Waals surface area contributed by atoms with Crippen molar-refractivity contribution < 1.29 is 18.1 Å². The third kappa shape index (κ3) is 2.68. The number of nitro groups is 1. The first-order valence-corrected chi connectivity index (χ1v) is 6.27. The lowest BCUT2D eigenvalue weighted by molar-refractivity contribution is -0.391. The van der Waals surface area contributed by atoms with Gasteiger partial charge in [0.1, 0.15) is 0 Å². The number of sulfonamides is 1. The van der Waals surface area contributed by atoms with Gasteiger partial charge >= 0.3 is 5.82 Å². The second-order valence-corrected chi connectivity index (χ2v) is 5.10. The summed E-state index contributed by atoms with van der Waals surface area (Å²) in [5.41, 5.74) is 0. The van der Waals surface area contributed by atoms with Crippen LogP contribution >= 0.6 is 0 Å². The molecule has 0 amide bonds. The Bertz CT molecular complexity index is 567. The molecule has 8 nitrogen and oxygen atoms in total. The van der Waals surface area contributed by atoms with Gasteiger partial charge in [0.2, 0.25) is 5.75 Å². The number of ether oxygens (including phenoxy) is 1. The van der Waals surface area contributed by atoms with E-state index in [0.29, 0.717) is 0 Å². The molecule has 0 bridgehead atoms. The highest BCUT2D eigenvalue weighted by atomic mass is 32.2. The summed E-state index contributed by atoms with van der Waals surface area (Å²) in [5.74, 6) is -0.673. The molecule has 2 N–H and O–H groups in total. The Morgan fingerprint density at radius 2 is 2.12 bits per heavy atom. The van der Waals surface area contributed by atoms with Gasteiger partial charge in [0.05, 0.1) is 6.10 Å². The number of aromatic nitrogens is 1. The van der Waals surface area contributed by atoms with E-state index in [0.717, 1.165) is 18.9 Å². The van der Waals surface area contributed by atoms with Crippen LogP contribution in [0.4, 0.5) is 5.82 Å². The second kappa shape index (κ2) is 3.93. The Morgan fingerprint density at radius 1 is 1.47 bits per heavy atom. The van der Waals surface area contributed by atoms with Crippen LogP contribution in [-0.4, -0.2) is 24.4 Å². The van der Waals surface area contributed by atoms with Crippen LogP contribution in [-0.2, 0) is 10.0 Å². The molecule has 9 heteroatoms. The van der Waals surface area contributed by atoms with Gasteiger partial charge in [-0.05, 0) is 28.8 Å². The van der Waals surface area contributed by atoms with Crippen molar-refractivity contribution in [2.24, 2.45) is 5.14 Å². The Balaban J connectivity index is 2.43. The van der Waals surface area contributed by atoms with Gasteiger partial charge in [-0.1, -0.05) is 0 Å². The van der Waals surface area contributed by atoms with Crippen LogP contribution < -0.4 is 9.88 Å². The molecule has 0 saturated heterocycles. The van der Waals surface area contributed by atoms with E-state index in [1.54, 1.807) is 0 Å². The van der Waals surface area contributed by atoms with E-state index in [-0.39, 0.29) is 11.9 Å². The molecular formula is C8H9N3O5S. The average molecular weight is 259 g/mol. The van der Waals surface area contributed by atoms with E-state index in [4.69, 9.17) is 9.88 Å². The smallest absolute Gasteiger partial charge is 0.407 e. The van der Waals surface area contributed by atoms with Crippen molar-refractivity contribution in [1.29, 1.82) is 0 Å². The van der Waals surface area contributed by atoms with Gasteiger partial charge in [-0.2, -0.15) is 0 Å². The van der Waals surface area contributed by atoms with Gasteiger partial charge in [-0.25, -0.2) is 13.6 Å². The van der Waals surface area contributed by atoms with E-state index in [2.05, 4.69) is 4.98 Å². The highest BCUT2D eigenvalue weighted by molar-refractivity contribution is 7.89. The molecule has 1 aromatic rings. The molecule has 92 valence electrons. The predicted octanol–water partition coefficient (Wildman–Crippen LogP) is 0.178. The van der Waals surface area contributed by atoms with Crippen LogP contribution in [0.25, 0.3) is 0 Å². The van der Waals surface area contributed by atoms with Gasteiger partial charge in [-0.3, -0.25) is 0 Å². The number of hydrogen-bond acceptors (Lipinski definition) is 6. The van der Waals surface area contributed by atoms with Crippen LogP contribution in [0.5, 0.6) is 5.75 Å². The quantitative estimate of drug-likeness (QED) is 0.607. The number of nitrogens with zero attached hydrogens (tertiary/aromatic N) is 2. The fourth-order valence-electron chi connectivity index (χ4n) is 1.16. The lowest BCUT2D eigenvalue weighted by Gasteiger charge is -2.04. The summed E-state index contributed by atoms with van der Waals surface area (Å²) in [6.45, 7) is 0. The maximum atomic E-state index is 11.0. The molecule has 2 rings (SSSR count). The molecule has 0 radical (unpaired) electrons. The SMILES string of the molecule is NS(=O)(=O)c1ccc(OC2CC2)c([N+](=O)[O-])n1. The lowest BCUT2D eigenvalue weighted by Crippen LogP contribution is -2.15. The summed E-state index contributed by atoms with van der Waals surface area (Å²) in [7, 11) is -4.06. The van der Waals surface area contributed by atoms with Gasteiger partial charge in [0, 0.05) is 6.07 Å². The van der Waals surface area contributed by atoms with Gasteiger partial charge in [0.25, 0.3) is 15.0 Å². The average Bonchev–Trinajstić information content (AvgIpc) is 3.00. The summed E-state index contributed by atoms with van der Waals surface area (Å²) in [5, 5.41) is 15.0. The topological polar surface area (TPSA) is 125 Å². The monoisotopic (exact) mass is 259 g/mol. The molecule has 1 aliphatic carbocycles. The first-order valence-electron chi connectivity index (χ1n) is 4.73. The van der Waals surface area contributed by atoms with E-state index in [9.17, 15) is 18.5 Å². The molecule has 17 heavy (non-hydrogen) atoms. The van der Waals surface area contributed by atoms with Crippen LogP contribution in [0.15, 0.2) is 17.2 Å². The van der Waals surface area contributed by atoms with Crippen LogP contribution in [0.2, 0.25) is 0 Å². The summed E-state index contributed by atoms with van der Waals surface area (Å²) >= 11 is 0. The minimum absolute atomic E-state index is 0.0371. The standard InChI is InChI=1S/C8H9N3O5S/c9-17(14,15)7-4-3-6(16-5-1-2-5)8(10-7)11(12)13/h3-5H,1-2H2,(H2,9,14,15). The molecule has 0 atom stereocenters. The molecule has 0 spiro atoms. The summed E-state index contributed by atoms with van der Waals surface area (Å²) in [4.78, 5) is 13.3. The van der Waals surface area contributed by atoms with E-state index >= 15 is 0 Å². The van der Waals surface area contributed by atoms with Crippen LogP contribution in [0.3, 0.4) is 0 Å². The zero-order valence-corrected chi connectivity index (χ0v) is 9.38. The van der Waals surface area contributed by atoms with Crippen LogP contribution in [0.1, 0.15) is 12.8 Å². The summed E-state index contributed by atoms with van der Waals surface area (Å²) < 4.78 is 27.3. The van der Waals surface area contributed by atoms with Crippen molar-refractivity contribution in [2.45, 2.75) is 24.0 Å². The minimum atomic E-state index is -4.06. The predicted molar refractivity (Wildman–Crippen MR) is 55.9 cm³/mol. The molecule has 1 aliphatic rings. The van der Waals surface area contributed by atoms with Crippen molar-refractivity contribution >= 4 is 15.8 Å². The van der Waals surface area contributed by atoms with Crippen LogP contribution in [0, 0.1) is 10.1 Å². The molecule has 1 fully saturated rings. The molecule has 0 aliphatic heterocycles. The fraction of sp³-hybridized carbons (Fsp3) is 0.375. The zero-order valence-electron chi connectivity index (χ0n) is 8.57. The van der Waals surface area contributed by atoms with E-state index in [1.165, 1.54) is 6.07 Å². The Morgan fingerprint density at radius 3 is 2.59 bits per heavy atom. The van der Waals surface area contributed by atoms with Gasteiger partial charge < -0.3 is 14.9 Å². The van der Waals surface area contributed by atoms with Gasteiger partial charge in [-0.15, -0.1) is 0 Å². The third-order valence-corrected chi connectivity index (χ3v) is 2.91. The zero-order chi connectivity index (χ0) is 12.6. The summed E-state index contributed by atoms with van der Waals surface area (Å²) in [6.07, 6.45) is 1.61. The molecule has 1 aromatic heterocycles. The Kier molecular flexibility index (Phi) is 2.71. The highest BCUT2D eigenvalue weighted by Gasteiger charge is 2.30. The number of pyridine rings is 1. The molecule has 1 saturated carbocycles. The first-order chi connectivity index (χ1) is 7.88. The molecule has 1 heterocycles. The normalized spacial score (nSPS) is 15.6. The maximum absolute atomic E-state index is 11.0. The molecule has 0 aromatic carbocycles. The van der Waals surface area contributed by atoms with E-state index in [1.807, 2.05) is 0 Å². The van der Waals surface area contributed by atoms with Crippen molar-refractivity contribution in [1.82, 2.24) is 4.98 Å². The van der Waals surface area contributed by atoms with Crippen molar-refractivity contribution in [2.75, 3.05) is 0 Å². The number of primary sulfonamides is 1. The fourth-order valence-corrected chi connectivity index (χ4v) is 1.64. The van der Waals surface area contributed by atoms with Crippen molar-refractivity contribution in [3.05, 3.63) is 22.2 Å². The molecule has 0 unspecified atom stereocenters.